The summed E-state index contributed by atoms with van der Waals surface area (Å²) in [4.78, 5) is 4.72. The van der Waals surface area contributed by atoms with Gasteiger partial charge in [0, 0.05) is 24.8 Å². The fraction of sp³-hybridized carbons (Fsp3) is 0.562. The van der Waals surface area contributed by atoms with E-state index in [1.54, 1.807) is 0 Å². The number of rotatable bonds is 7. The van der Waals surface area contributed by atoms with E-state index in [0.29, 0.717) is 5.92 Å². The number of ether oxygens (including phenoxy) is 1. The third kappa shape index (κ3) is 3.31. The van der Waals surface area contributed by atoms with Crippen LogP contribution in [-0.4, -0.2) is 22.8 Å². The Bertz CT molecular complexity index is 560. The summed E-state index contributed by atoms with van der Waals surface area (Å²) >= 11 is 0. The van der Waals surface area contributed by atoms with Crippen LogP contribution in [0.15, 0.2) is 18.2 Å². The number of unbranched alkanes of at least 4 members (excludes halogenated alkanes) is 1. The van der Waals surface area contributed by atoms with Crippen LogP contribution in [0.5, 0.6) is 0 Å². The highest BCUT2D eigenvalue weighted by Crippen LogP contribution is 2.23. The van der Waals surface area contributed by atoms with Crippen LogP contribution in [0.25, 0.3) is 11.0 Å². The molecule has 1 aromatic heterocycles. The maximum atomic E-state index is 5.84. The van der Waals surface area contributed by atoms with E-state index in [1.807, 2.05) is 12.1 Å². The monoisotopic (exact) mass is 275 g/mol. The maximum Gasteiger partial charge on any atom is 0.112 e. The van der Waals surface area contributed by atoms with Crippen LogP contribution in [0.1, 0.15) is 45.4 Å². The predicted molar refractivity (Wildman–Crippen MR) is 84.0 cm³/mol. The van der Waals surface area contributed by atoms with Gasteiger partial charge in [0.15, 0.2) is 0 Å². The number of fused-ring (bicyclic) bond motifs is 1. The van der Waals surface area contributed by atoms with Gasteiger partial charge in [0.1, 0.15) is 5.82 Å². The first-order valence-electron chi connectivity index (χ1n) is 7.47. The summed E-state index contributed by atoms with van der Waals surface area (Å²) in [5, 5.41) is 0. The average molecular weight is 275 g/mol. The lowest BCUT2D eigenvalue weighted by Crippen LogP contribution is -2.11. The maximum absolute atomic E-state index is 5.84. The van der Waals surface area contributed by atoms with Crippen LogP contribution < -0.4 is 5.73 Å². The summed E-state index contributed by atoms with van der Waals surface area (Å²) in [6, 6.07) is 5.92. The molecule has 20 heavy (non-hydrogen) atoms. The normalized spacial score (nSPS) is 11.6. The second kappa shape index (κ2) is 6.75. The molecule has 0 radical (unpaired) electrons. The molecule has 2 N–H and O–H groups in total. The van der Waals surface area contributed by atoms with Crippen molar-refractivity contribution in [3.63, 3.8) is 0 Å². The Morgan fingerprint density at radius 1 is 1.30 bits per heavy atom. The lowest BCUT2D eigenvalue weighted by molar-refractivity contribution is 0.123. The van der Waals surface area contributed by atoms with Crippen LogP contribution in [0, 0.1) is 0 Å². The fourth-order valence-corrected chi connectivity index (χ4v) is 2.35. The molecule has 0 spiro atoms. The standard InChI is InChI=1S/C16H25N3O/c1-4-5-9-20-10-8-19-15-7-6-13(17)11-14(15)18-16(19)12(2)3/h6-7,11-12H,4-5,8-10,17H2,1-3H3. The van der Waals surface area contributed by atoms with Gasteiger partial charge in [0.05, 0.1) is 17.6 Å². The minimum absolute atomic E-state index is 0.388. The minimum Gasteiger partial charge on any atom is -0.399 e. The fourth-order valence-electron chi connectivity index (χ4n) is 2.35. The molecule has 0 aliphatic carbocycles. The number of nitrogens with zero attached hydrogens (tertiary/aromatic N) is 2. The molecular weight excluding hydrogens is 250 g/mol. The van der Waals surface area contributed by atoms with Crippen molar-refractivity contribution in [3.05, 3.63) is 24.0 Å². The topological polar surface area (TPSA) is 53.1 Å². The van der Waals surface area contributed by atoms with E-state index in [2.05, 4.69) is 31.4 Å². The number of nitrogen functional groups attached to an aromatic ring is 1. The Kier molecular flexibility index (Phi) is 5.01. The SMILES string of the molecule is CCCCOCCn1c(C(C)C)nc2cc(N)ccc21. The highest BCUT2D eigenvalue weighted by Gasteiger charge is 2.13. The van der Waals surface area contributed by atoms with Crippen molar-refractivity contribution in [2.45, 2.75) is 46.1 Å². The summed E-state index contributed by atoms with van der Waals surface area (Å²) in [5.74, 6) is 1.49. The van der Waals surface area contributed by atoms with Crippen molar-refractivity contribution < 1.29 is 4.74 Å². The van der Waals surface area contributed by atoms with Crippen molar-refractivity contribution in [1.82, 2.24) is 9.55 Å². The van der Waals surface area contributed by atoms with Gasteiger partial charge in [-0.2, -0.15) is 0 Å². The van der Waals surface area contributed by atoms with Gasteiger partial charge in [0.25, 0.3) is 0 Å². The second-order valence-corrected chi connectivity index (χ2v) is 5.49. The largest absolute Gasteiger partial charge is 0.399 e. The van der Waals surface area contributed by atoms with Crippen LogP contribution in [0.4, 0.5) is 5.69 Å². The van der Waals surface area contributed by atoms with Crippen molar-refractivity contribution in [1.29, 1.82) is 0 Å². The van der Waals surface area contributed by atoms with Crippen LogP contribution in [-0.2, 0) is 11.3 Å². The zero-order valence-corrected chi connectivity index (χ0v) is 12.7. The van der Waals surface area contributed by atoms with E-state index in [9.17, 15) is 0 Å². The first-order chi connectivity index (χ1) is 9.63. The number of hydrogen-bond acceptors (Lipinski definition) is 3. The number of nitrogens with two attached hydrogens (primary N) is 1. The molecule has 0 aliphatic rings. The zero-order chi connectivity index (χ0) is 14.5. The molecule has 0 bridgehead atoms. The molecule has 0 amide bonds. The molecule has 4 nitrogen and oxygen atoms in total. The minimum atomic E-state index is 0.388. The molecular formula is C16H25N3O. The molecule has 0 saturated carbocycles. The molecule has 110 valence electrons. The molecule has 0 unspecified atom stereocenters. The first-order valence-corrected chi connectivity index (χ1v) is 7.47. The highest BCUT2D eigenvalue weighted by molar-refractivity contribution is 5.79. The summed E-state index contributed by atoms with van der Waals surface area (Å²) in [5.41, 5.74) is 8.72. The molecule has 0 fully saturated rings. The zero-order valence-electron chi connectivity index (χ0n) is 12.7. The van der Waals surface area contributed by atoms with E-state index in [-0.39, 0.29) is 0 Å². The van der Waals surface area contributed by atoms with Crippen LogP contribution >= 0.6 is 0 Å². The van der Waals surface area contributed by atoms with Gasteiger partial charge in [-0.25, -0.2) is 4.98 Å². The van der Waals surface area contributed by atoms with E-state index in [4.69, 9.17) is 15.5 Å². The number of anilines is 1. The number of hydrogen-bond donors (Lipinski definition) is 1. The molecule has 1 aromatic carbocycles. The molecule has 2 aromatic rings. The smallest absolute Gasteiger partial charge is 0.112 e. The van der Waals surface area contributed by atoms with Gasteiger partial charge in [-0.1, -0.05) is 27.2 Å². The lowest BCUT2D eigenvalue weighted by atomic mass is 10.2. The van der Waals surface area contributed by atoms with Gasteiger partial charge in [0.2, 0.25) is 0 Å². The third-order valence-corrected chi connectivity index (χ3v) is 3.42. The van der Waals surface area contributed by atoms with Gasteiger partial charge < -0.3 is 15.0 Å². The van der Waals surface area contributed by atoms with E-state index >= 15 is 0 Å². The Morgan fingerprint density at radius 2 is 2.10 bits per heavy atom. The lowest BCUT2D eigenvalue weighted by Gasteiger charge is -2.11. The van der Waals surface area contributed by atoms with Gasteiger partial charge >= 0.3 is 0 Å². The van der Waals surface area contributed by atoms with Gasteiger partial charge in [-0.3, -0.25) is 0 Å². The summed E-state index contributed by atoms with van der Waals surface area (Å²) in [7, 11) is 0. The van der Waals surface area contributed by atoms with Crippen LogP contribution in [0.2, 0.25) is 0 Å². The quantitative estimate of drug-likeness (QED) is 0.621. The summed E-state index contributed by atoms with van der Waals surface area (Å²) in [6.45, 7) is 8.92. The summed E-state index contributed by atoms with van der Waals surface area (Å²) in [6.07, 6.45) is 2.29. The number of imidazole rings is 1. The Morgan fingerprint density at radius 3 is 2.80 bits per heavy atom. The van der Waals surface area contributed by atoms with Crippen molar-refractivity contribution in [3.8, 4) is 0 Å². The van der Waals surface area contributed by atoms with Crippen molar-refractivity contribution >= 4 is 16.7 Å². The first kappa shape index (κ1) is 14.9. The Balaban J connectivity index is 2.18. The average Bonchev–Trinajstić information content (AvgIpc) is 2.76. The van der Waals surface area contributed by atoms with Gasteiger partial charge in [-0.15, -0.1) is 0 Å². The Labute approximate surface area is 120 Å². The molecule has 2 rings (SSSR count). The molecule has 4 heteroatoms. The predicted octanol–water partition coefficient (Wildman–Crippen LogP) is 3.56. The number of aromatic nitrogens is 2. The van der Waals surface area contributed by atoms with Crippen molar-refractivity contribution in [2.75, 3.05) is 18.9 Å². The molecule has 0 saturated heterocycles. The second-order valence-electron chi connectivity index (χ2n) is 5.49. The molecule has 0 atom stereocenters. The van der Waals surface area contributed by atoms with Crippen molar-refractivity contribution in [2.24, 2.45) is 0 Å². The van der Waals surface area contributed by atoms with E-state index < -0.39 is 0 Å². The van der Waals surface area contributed by atoms with Gasteiger partial charge in [-0.05, 0) is 24.6 Å². The Hall–Kier alpha value is -1.55. The third-order valence-electron chi connectivity index (χ3n) is 3.42. The summed E-state index contributed by atoms with van der Waals surface area (Å²) < 4.78 is 7.94. The highest BCUT2D eigenvalue weighted by atomic mass is 16.5. The van der Waals surface area contributed by atoms with Crippen LogP contribution in [0.3, 0.4) is 0 Å². The molecule has 0 aliphatic heterocycles. The van der Waals surface area contributed by atoms with E-state index in [0.717, 1.165) is 48.7 Å². The number of benzene rings is 1. The van der Waals surface area contributed by atoms with E-state index in [1.165, 1.54) is 6.42 Å². The molecule has 1 heterocycles.